The summed E-state index contributed by atoms with van der Waals surface area (Å²) in [6, 6.07) is 0.925. The number of halogens is 3. The minimum absolute atomic E-state index is 0.0356. The maximum Gasteiger partial charge on any atom is 0.433 e. The Morgan fingerprint density at radius 3 is 2.56 bits per heavy atom. The molecule has 0 fully saturated rings. The maximum atomic E-state index is 12.5. The van der Waals surface area contributed by atoms with Gasteiger partial charge in [-0.05, 0) is 26.0 Å². The highest BCUT2D eigenvalue weighted by Gasteiger charge is 2.33. The fourth-order valence-corrected chi connectivity index (χ4v) is 1.52. The van der Waals surface area contributed by atoms with Crippen molar-refractivity contribution in [3.63, 3.8) is 0 Å². The highest BCUT2D eigenvalue weighted by Crippen LogP contribution is 2.28. The van der Waals surface area contributed by atoms with Gasteiger partial charge >= 0.3 is 6.18 Å². The van der Waals surface area contributed by atoms with E-state index in [1.807, 2.05) is 20.8 Å². The van der Waals surface area contributed by atoms with Crippen LogP contribution in [0.3, 0.4) is 0 Å². The van der Waals surface area contributed by atoms with Crippen LogP contribution in [-0.2, 0) is 6.18 Å². The molecule has 1 rings (SSSR count). The molecule has 2 unspecified atom stereocenters. The molecule has 102 valence electrons. The third kappa shape index (κ3) is 3.94. The fraction of sp³-hybridized carbons (Fsp3) is 0.667. The van der Waals surface area contributed by atoms with Gasteiger partial charge in [-0.2, -0.15) is 13.2 Å². The van der Waals surface area contributed by atoms with Crippen LogP contribution < -0.4 is 5.32 Å². The van der Waals surface area contributed by atoms with Crippen LogP contribution in [0.25, 0.3) is 0 Å². The second kappa shape index (κ2) is 6.13. The summed E-state index contributed by atoms with van der Waals surface area (Å²) in [4.78, 5) is 7.53. The van der Waals surface area contributed by atoms with E-state index in [-0.39, 0.29) is 17.8 Å². The number of alkyl halides is 3. The van der Waals surface area contributed by atoms with E-state index in [1.54, 1.807) is 0 Å². The van der Waals surface area contributed by atoms with Crippen LogP contribution in [0.5, 0.6) is 0 Å². The number of hydrogen-bond acceptors (Lipinski definition) is 3. The molecule has 0 radical (unpaired) electrons. The average molecular weight is 261 g/mol. The minimum atomic E-state index is -4.42. The van der Waals surface area contributed by atoms with Crippen molar-refractivity contribution in [2.24, 2.45) is 0 Å². The number of nitrogens with zero attached hydrogens (tertiary/aromatic N) is 2. The van der Waals surface area contributed by atoms with Gasteiger partial charge in [-0.3, -0.25) is 0 Å². The van der Waals surface area contributed by atoms with Gasteiger partial charge < -0.3 is 5.32 Å². The molecule has 18 heavy (non-hydrogen) atoms. The highest BCUT2D eigenvalue weighted by atomic mass is 19.4. The van der Waals surface area contributed by atoms with Crippen molar-refractivity contribution in [1.29, 1.82) is 0 Å². The van der Waals surface area contributed by atoms with Crippen LogP contribution >= 0.6 is 0 Å². The van der Waals surface area contributed by atoms with Gasteiger partial charge in [0, 0.05) is 18.2 Å². The molecule has 3 nitrogen and oxygen atoms in total. The lowest BCUT2D eigenvalue weighted by atomic mass is 10.0. The molecule has 0 spiro atoms. The van der Waals surface area contributed by atoms with Crippen LogP contribution in [-0.4, -0.2) is 22.6 Å². The van der Waals surface area contributed by atoms with E-state index >= 15 is 0 Å². The van der Waals surface area contributed by atoms with Gasteiger partial charge in [0.2, 0.25) is 0 Å². The molecule has 0 bridgehead atoms. The van der Waals surface area contributed by atoms with Crippen LogP contribution in [0.1, 0.15) is 44.6 Å². The summed E-state index contributed by atoms with van der Waals surface area (Å²) in [5.74, 6) is 0.0554. The molecule has 0 saturated carbocycles. The first-order valence-electron chi connectivity index (χ1n) is 5.99. The predicted octanol–water partition coefficient (Wildman–Crippen LogP) is 2.99. The van der Waals surface area contributed by atoms with Gasteiger partial charge in [-0.15, -0.1) is 0 Å². The first kappa shape index (κ1) is 14.9. The van der Waals surface area contributed by atoms with Crippen molar-refractivity contribution in [3.05, 3.63) is 23.8 Å². The molecule has 6 heteroatoms. The smallest absolute Gasteiger partial charge is 0.314 e. The Morgan fingerprint density at radius 1 is 1.33 bits per heavy atom. The quantitative estimate of drug-likeness (QED) is 0.885. The van der Waals surface area contributed by atoms with Gasteiger partial charge in [-0.1, -0.05) is 13.8 Å². The highest BCUT2D eigenvalue weighted by molar-refractivity contribution is 5.09. The van der Waals surface area contributed by atoms with Gasteiger partial charge in [0.25, 0.3) is 0 Å². The molecule has 1 heterocycles. The second-order valence-corrected chi connectivity index (χ2v) is 4.33. The third-order valence-corrected chi connectivity index (χ3v) is 2.84. The lowest BCUT2D eigenvalue weighted by molar-refractivity contribution is -0.141. The normalized spacial score (nSPS) is 15.4. The van der Waals surface area contributed by atoms with Crippen LogP contribution in [0, 0.1) is 0 Å². The van der Waals surface area contributed by atoms with Gasteiger partial charge in [0.1, 0.15) is 11.5 Å². The topological polar surface area (TPSA) is 37.8 Å². The molecule has 1 aromatic rings. The van der Waals surface area contributed by atoms with Crippen molar-refractivity contribution >= 4 is 0 Å². The Balaban J connectivity index is 2.83. The summed E-state index contributed by atoms with van der Waals surface area (Å²) in [5.41, 5.74) is -0.887. The summed E-state index contributed by atoms with van der Waals surface area (Å²) in [7, 11) is 0. The second-order valence-electron chi connectivity index (χ2n) is 4.33. The summed E-state index contributed by atoms with van der Waals surface area (Å²) >= 11 is 0. The third-order valence-electron chi connectivity index (χ3n) is 2.84. The monoisotopic (exact) mass is 261 g/mol. The summed E-state index contributed by atoms with van der Waals surface area (Å²) < 4.78 is 37.6. The molecule has 1 N–H and O–H groups in total. The summed E-state index contributed by atoms with van der Waals surface area (Å²) in [6.07, 6.45) is -2.29. The molecular formula is C12H18F3N3. The molecule has 0 aliphatic heterocycles. The predicted molar refractivity (Wildman–Crippen MR) is 63.2 cm³/mol. The molecule has 0 aliphatic rings. The molecule has 0 aromatic carbocycles. The van der Waals surface area contributed by atoms with Crippen LogP contribution in [0.4, 0.5) is 13.2 Å². The van der Waals surface area contributed by atoms with Crippen LogP contribution in [0.2, 0.25) is 0 Å². The summed E-state index contributed by atoms with van der Waals surface area (Å²) in [5, 5.41) is 3.23. The van der Waals surface area contributed by atoms with Gasteiger partial charge in [0.05, 0.1) is 0 Å². The first-order chi connectivity index (χ1) is 8.36. The van der Waals surface area contributed by atoms with E-state index in [1.165, 1.54) is 0 Å². The number of nitrogens with one attached hydrogen (secondary N) is 1. The SMILES string of the molecule is CCCNC(C)C(C)c1nccc(C(F)(F)F)n1. The summed E-state index contributed by atoms with van der Waals surface area (Å²) in [6.45, 7) is 6.60. The van der Waals surface area contributed by atoms with Crippen molar-refractivity contribution < 1.29 is 13.2 Å². The standard InChI is InChI=1S/C12H18F3N3/c1-4-6-16-9(3)8(2)11-17-7-5-10(18-11)12(13,14)15/h5,7-9,16H,4,6H2,1-3H3. The zero-order chi connectivity index (χ0) is 13.8. The van der Waals surface area contributed by atoms with E-state index in [2.05, 4.69) is 15.3 Å². The maximum absolute atomic E-state index is 12.5. The van der Waals surface area contributed by atoms with Crippen LogP contribution in [0.15, 0.2) is 12.3 Å². The van der Waals surface area contributed by atoms with E-state index in [9.17, 15) is 13.2 Å². The van der Waals surface area contributed by atoms with Gasteiger partial charge in [0.15, 0.2) is 0 Å². The average Bonchev–Trinajstić information content (AvgIpc) is 2.34. The van der Waals surface area contributed by atoms with E-state index in [4.69, 9.17) is 0 Å². The van der Waals surface area contributed by atoms with Crippen molar-refractivity contribution in [3.8, 4) is 0 Å². The minimum Gasteiger partial charge on any atom is -0.314 e. The molecular weight excluding hydrogens is 243 g/mol. The first-order valence-corrected chi connectivity index (χ1v) is 5.99. The lowest BCUT2D eigenvalue weighted by Crippen LogP contribution is -2.32. The molecule has 0 saturated heterocycles. The van der Waals surface area contributed by atoms with Crippen molar-refractivity contribution in [2.75, 3.05) is 6.54 Å². The Bertz CT molecular complexity index is 379. The lowest BCUT2D eigenvalue weighted by Gasteiger charge is -2.20. The Labute approximate surface area is 105 Å². The Kier molecular flexibility index (Phi) is 5.07. The molecule has 0 amide bonds. The Morgan fingerprint density at radius 2 is 2.00 bits per heavy atom. The van der Waals surface area contributed by atoms with E-state index < -0.39 is 11.9 Å². The fourth-order valence-electron chi connectivity index (χ4n) is 1.52. The van der Waals surface area contributed by atoms with E-state index in [0.29, 0.717) is 0 Å². The zero-order valence-electron chi connectivity index (χ0n) is 10.8. The molecule has 0 aliphatic carbocycles. The molecule has 1 aromatic heterocycles. The van der Waals surface area contributed by atoms with E-state index in [0.717, 1.165) is 25.2 Å². The Hall–Kier alpha value is -1.17. The number of hydrogen-bond donors (Lipinski definition) is 1. The number of aromatic nitrogens is 2. The van der Waals surface area contributed by atoms with Gasteiger partial charge in [-0.25, -0.2) is 9.97 Å². The largest absolute Gasteiger partial charge is 0.433 e. The molecule has 2 atom stereocenters. The van der Waals surface area contributed by atoms with Crippen molar-refractivity contribution in [2.45, 2.75) is 45.3 Å². The number of rotatable bonds is 5. The van der Waals surface area contributed by atoms with Crippen molar-refractivity contribution in [1.82, 2.24) is 15.3 Å². The zero-order valence-corrected chi connectivity index (χ0v) is 10.8.